The number of aromatic nitrogens is 3. The van der Waals surface area contributed by atoms with Gasteiger partial charge in [0.15, 0.2) is 11.0 Å². The molecule has 0 aliphatic rings. The van der Waals surface area contributed by atoms with E-state index in [2.05, 4.69) is 31.4 Å². The van der Waals surface area contributed by atoms with Gasteiger partial charge < -0.3 is 15.0 Å². The van der Waals surface area contributed by atoms with E-state index in [9.17, 15) is 9.90 Å². The highest BCUT2D eigenvalue weighted by Crippen LogP contribution is 2.33. The van der Waals surface area contributed by atoms with Crippen LogP contribution in [0.25, 0.3) is 11.4 Å². The molecule has 0 atom stereocenters. The number of thioether (sulfide) groups is 1. The molecule has 0 saturated heterocycles. The van der Waals surface area contributed by atoms with Crippen LogP contribution >= 0.6 is 50.9 Å². The van der Waals surface area contributed by atoms with Gasteiger partial charge in [-0.2, -0.15) is 0 Å². The molecule has 3 aromatic rings. The minimum absolute atomic E-state index is 0.0938. The summed E-state index contributed by atoms with van der Waals surface area (Å²) in [7, 11) is 1.76. The lowest BCUT2D eigenvalue weighted by molar-refractivity contribution is -0.113. The number of aromatic hydroxyl groups is 1. The zero-order chi connectivity index (χ0) is 19.6. The van der Waals surface area contributed by atoms with Crippen molar-refractivity contribution < 1.29 is 9.90 Å². The third-order valence-electron chi connectivity index (χ3n) is 3.59. The fourth-order valence-electron chi connectivity index (χ4n) is 2.29. The fraction of sp³-hybridized carbons (Fsp3) is 0.118. The molecule has 140 valence electrons. The Morgan fingerprint density at radius 1 is 1.26 bits per heavy atom. The largest absolute Gasteiger partial charge is 0.507 e. The second-order valence-electron chi connectivity index (χ2n) is 5.46. The van der Waals surface area contributed by atoms with E-state index >= 15 is 0 Å². The van der Waals surface area contributed by atoms with Crippen molar-refractivity contribution in [3.63, 3.8) is 0 Å². The maximum atomic E-state index is 12.2. The molecular weight excluding hydrogens is 475 g/mol. The standard InChI is InChI=1S/C17H13BrCl2N4O2S/c1-24-16(10-7-9(18)5-6-13(10)25)22-23-17(24)27-8-14(26)21-15-11(19)3-2-4-12(15)20/h2-7,25H,8H2,1H3,(H,21,26). The quantitative estimate of drug-likeness (QED) is 0.495. The molecule has 1 amide bonds. The van der Waals surface area contributed by atoms with Crippen LogP contribution in [0.2, 0.25) is 10.0 Å². The number of anilines is 1. The topological polar surface area (TPSA) is 80.0 Å². The average Bonchev–Trinajstić information content (AvgIpc) is 2.99. The van der Waals surface area contributed by atoms with E-state index in [-0.39, 0.29) is 17.4 Å². The van der Waals surface area contributed by atoms with Crippen molar-refractivity contribution in [1.29, 1.82) is 0 Å². The Morgan fingerprint density at radius 2 is 1.96 bits per heavy atom. The second-order valence-corrected chi connectivity index (χ2v) is 8.13. The highest BCUT2D eigenvalue weighted by molar-refractivity contribution is 9.10. The summed E-state index contributed by atoms with van der Waals surface area (Å²) >= 11 is 16.7. The van der Waals surface area contributed by atoms with E-state index in [0.717, 1.165) is 4.47 Å². The van der Waals surface area contributed by atoms with E-state index in [1.54, 1.807) is 48.0 Å². The van der Waals surface area contributed by atoms with Crippen LogP contribution in [0.5, 0.6) is 5.75 Å². The number of hydrogen-bond acceptors (Lipinski definition) is 5. The number of benzene rings is 2. The first-order valence-corrected chi connectivity index (χ1v) is 10.1. The van der Waals surface area contributed by atoms with Gasteiger partial charge in [-0.25, -0.2) is 0 Å². The van der Waals surface area contributed by atoms with Crippen molar-refractivity contribution in [3.05, 3.63) is 50.9 Å². The highest BCUT2D eigenvalue weighted by atomic mass is 79.9. The summed E-state index contributed by atoms with van der Waals surface area (Å²) in [5.41, 5.74) is 0.919. The molecular formula is C17H13BrCl2N4O2S. The van der Waals surface area contributed by atoms with Crippen LogP contribution in [-0.2, 0) is 11.8 Å². The molecule has 2 aromatic carbocycles. The van der Waals surface area contributed by atoms with Crippen LogP contribution in [0, 0.1) is 0 Å². The van der Waals surface area contributed by atoms with Crippen molar-refractivity contribution in [2.75, 3.05) is 11.1 Å². The van der Waals surface area contributed by atoms with Crippen LogP contribution < -0.4 is 5.32 Å². The number of hydrogen-bond donors (Lipinski definition) is 2. The summed E-state index contributed by atoms with van der Waals surface area (Å²) in [5, 5.41) is 22.2. The molecule has 6 nitrogen and oxygen atoms in total. The molecule has 0 saturated carbocycles. The normalized spacial score (nSPS) is 10.8. The molecule has 0 unspecified atom stereocenters. The molecule has 0 spiro atoms. The summed E-state index contributed by atoms with van der Waals surface area (Å²) in [6.45, 7) is 0. The van der Waals surface area contributed by atoms with E-state index in [4.69, 9.17) is 23.2 Å². The first-order chi connectivity index (χ1) is 12.9. The number of phenolic OH excluding ortho intramolecular Hbond substituents is 1. The zero-order valence-corrected chi connectivity index (χ0v) is 17.8. The summed E-state index contributed by atoms with van der Waals surface area (Å²) in [6.07, 6.45) is 0. The number of halogens is 3. The van der Waals surface area contributed by atoms with Gasteiger partial charge >= 0.3 is 0 Å². The number of phenols is 1. The third-order valence-corrected chi connectivity index (χ3v) is 5.74. The number of rotatable bonds is 5. The van der Waals surface area contributed by atoms with E-state index in [1.807, 2.05) is 0 Å². The number of carbonyl (C=O) groups excluding carboxylic acids is 1. The second kappa shape index (κ2) is 8.52. The molecule has 1 aromatic heterocycles. The molecule has 0 aliphatic carbocycles. The minimum atomic E-state index is -0.273. The van der Waals surface area contributed by atoms with Gasteiger partial charge in [-0.15, -0.1) is 10.2 Å². The summed E-state index contributed by atoms with van der Waals surface area (Å²) in [5.74, 6) is 0.407. The summed E-state index contributed by atoms with van der Waals surface area (Å²) in [6, 6.07) is 10.1. The van der Waals surface area contributed by atoms with E-state index < -0.39 is 0 Å². The van der Waals surface area contributed by atoms with Gasteiger partial charge in [0.1, 0.15) is 5.75 Å². The Balaban J connectivity index is 1.71. The number of carbonyl (C=O) groups is 1. The van der Waals surface area contributed by atoms with Crippen molar-refractivity contribution in [1.82, 2.24) is 14.8 Å². The van der Waals surface area contributed by atoms with Crippen LogP contribution in [0.4, 0.5) is 5.69 Å². The minimum Gasteiger partial charge on any atom is -0.507 e. The van der Waals surface area contributed by atoms with Gasteiger partial charge in [-0.1, -0.05) is 57.0 Å². The molecule has 0 bridgehead atoms. The van der Waals surface area contributed by atoms with Gasteiger partial charge in [-0.3, -0.25) is 4.79 Å². The molecule has 1 heterocycles. The molecule has 2 N–H and O–H groups in total. The molecule has 0 aliphatic heterocycles. The highest BCUT2D eigenvalue weighted by Gasteiger charge is 2.16. The molecule has 0 radical (unpaired) electrons. The van der Waals surface area contributed by atoms with Crippen LogP contribution in [0.15, 0.2) is 46.0 Å². The number of nitrogens with one attached hydrogen (secondary N) is 1. The Morgan fingerprint density at radius 3 is 2.67 bits per heavy atom. The van der Waals surface area contributed by atoms with Crippen LogP contribution in [0.3, 0.4) is 0 Å². The Bertz CT molecular complexity index is 992. The van der Waals surface area contributed by atoms with Gasteiger partial charge in [-0.05, 0) is 30.3 Å². The number of para-hydroxylation sites is 1. The Hall–Kier alpha value is -1.74. The SMILES string of the molecule is Cn1c(SCC(=O)Nc2c(Cl)cccc2Cl)nnc1-c1cc(Br)ccc1O. The number of nitrogens with zero attached hydrogens (tertiary/aromatic N) is 3. The maximum absolute atomic E-state index is 12.2. The molecule has 0 fully saturated rings. The van der Waals surface area contributed by atoms with Crippen molar-refractivity contribution in [2.45, 2.75) is 5.16 Å². The van der Waals surface area contributed by atoms with Gasteiger partial charge in [0.05, 0.1) is 27.0 Å². The summed E-state index contributed by atoms with van der Waals surface area (Å²) in [4.78, 5) is 12.2. The first kappa shape index (κ1) is 20.0. The predicted octanol–water partition coefficient (Wildman–Crippen LogP) is 4.99. The Kier molecular flexibility index (Phi) is 6.31. The van der Waals surface area contributed by atoms with Crippen molar-refractivity contribution in [2.24, 2.45) is 7.05 Å². The van der Waals surface area contributed by atoms with Gasteiger partial charge in [0, 0.05) is 11.5 Å². The lowest BCUT2D eigenvalue weighted by atomic mass is 10.2. The number of amides is 1. The monoisotopic (exact) mass is 486 g/mol. The third kappa shape index (κ3) is 4.57. The maximum Gasteiger partial charge on any atom is 0.234 e. The molecule has 3 rings (SSSR count). The van der Waals surface area contributed by atoms with E-state index in [1.165, 1.54) is 11.8 Å². The lowest BCUT2D eigenvalue weighted by Gasteiger charge is -2.09. The van der Waals surface area contributed by atoms with Gasteiger partial charge in [0.25, 0.3) is 0 Å². The van der Waals surface area contributed by atoms with Crippen molar-refractivity contribution in [3.8, 4) is 17.1 Å². The molecule has 27 heavy (non-hydrogen) atoms. The predicted molar refractivity (Wildman–Crippen MR) is 112 cm³/mol. The average molecular weight is 488 g/mol. The van der Waals surface area contributed by atoms with E-state index in [0.29, 0.717) is 32.3 Å². The zero-order valence-electron chi connectivity index (χ0n) is 13.9. The molecule has 10 heteroatoms. The van der Waals surface area contributed by atoms with Crippen LogP contribution in [-0.4, -0.2) is 31.5 Å². The Labute approximate surface area is 178 Å². The summed E-state index contributed by atoms with van der Waals surface area (Å²) < 4.78 is 2.52. The van der Waals surface area contributed by atoms with Gasteiger partial charge in [0.2, 0.25) is 5.91 Å². The smallest absolute Gasteiger partial charge is 0.234 e. The first-order valence-electron chi connectivity index (χ1n) is 7.61. The van der Waals surface area contributed by atoms with Crippen molar-refractivity contribution >= 4 is 62.5 Å². The lowest BCUT2D eigenvalue weighted by Crippen LogP contribution is -2.15. The fourth-order valence-corrected chi connectivity index (χ4v) is 3.85. The van der Waals surface area contributed by atoms with Crippen LogP contribution in [0.1, 0.15) is 0 Å².